The summed E-state index contributed by atoms with van der Waals surface area (Å²) < 4.78 is 7.00. The lowest BCUT2D eigenvalue weighted by Crippen LogP contribution is -2.41. The molecular formula is C16H23ClN4O2. The molecule has 3 heterocycles. The van der Waals surface area contributed by atoms with Gasteiger partial charge in [-0.15, -0.1) is 12.4 Å². The number of halogens is 1. The molecule has 0 saturated carbocycles. The Morgan fingerprint density at radius 3 is 2.74 bits per heavy atom. The van der Waals surface area contributed by atoms with Crippen LogP contribution in [-0.2, 0) is 6.54 Å². The zero-order chi connectivity index (χ0) is 15.5. The van der Waals surface area contributed by atoms with Crippen LogP contribution in [0.15, 0.2) is 29.2 Å². The molecule has 1 saturated heterocycles. The molecule has 0 spiro atoms. The number of nitrogens with zero attached hydrogens (tertiary/aromatic N) is 3. The number of likely N-dealkylation sites (tertiary alicyclic amines) is 1. The van der Waals surface area contributed by atoms with Gasteiger partial charge in [0.05, 0.1) is 24.3 Å². The van der Waals surface area contributed by atoms with Gasteiger partial charge >= 0.3 is 0 Å². The zero-order valence-corrected chi connectivity index (χ0v) is 14.1. The molecular weight excluding hydrogens is 316 g/mol. The molecule has 0 aromatic carbocycles. The van der Waals surface area contributed by atoms with Gasteiger partial charge in [-0.1, -0.05) is 0 Å². The van der Waals surface area contributed by atoms with Gasteiger partial charge in [-0.3, -0.25) is 9.78 Å². The maximum Gasteiger partial charge on any atom is 0.251 e. The van der Waals surface area contributed by atoms with Crippen molar-refractivity contribution >= 4 is 23.4 Å². The third-order valence-corrected chi connectivity index (χ3v) is 4.32. The van der Waals surface area contributed by atoms with Crippen LogP contribution in [0.25, 0.3) is 11.0 Å². The highest BCUT2D eigenvalue weighted by molar-refractivity contribution is 5.85. The van der Waals surface area contributed by atoms with Crippen LogP contribution in [0.3, 0.4) is 0 Å². The van der Waals surface area contributed by atoms with Gasteiger partial charge < -0.3 is 19.9 Å². The number of pyridine rings is 2. The summed E-state index contributed by atoms with van der Waals surface area (Å²) in [5.74, 6) is 0.663. The third kappa shape index (κ3) is 4.02. The van der Waals surface area contributed by atoms with E-state index in [1.54, 1.807) is 30.0 Å². The van der Waals surface area contributed by atoms with E-state index < -0.39 is 0 Å². The first-order valence-electron chi connectivity index (χ1n) is 7.69. The number of aromatic nitrogens is 2. The molecule has 2 aromatic rings. The van der Waals surface area contributed by atoms with E-state index in [9.17, 15) is 4.79 Å². The Morgan fingerprint density at radius 2 is 2.04 bits per heavy atom. The molecule has 0 atom stereocenters. The van der Waals surface area contributed by atoms with E-state index >= 15 is 0 Å². The van der Waals surface area contributed by atoms with Gasteiger partial charge in [-0.2, -0.15) is 0 Å². The molecule has 0 aliphatic carbocycles. The monoisotopic (exact) mass is 338 g/mol. The highest BCUT2D eigenvalue weighted by Crippen LogP contribution is 2.17. The van der Waals surface area contributed by atoms with Crippen LogP contribution in [0.4, 0.5) is 0 Å². The highest BCUT2D eigenvalue weighted by atomic mass is 35.5. The first-order valence-corrected chi connectivity index (χ1v) is 7.69. The van der Waals surface area contributed by atoms with Crippen molar-refractivity contribution in [3.05, 3.63) is 34.7 Å². The van der Waals surface area contributed by atoms with E-state index in [-0.39, 0.29) is 18.0 Å². The molecule has 2 N–H and O–H groups in total. The molecule has 1 fully saturated rings. The van der Waals surface area contributed by atoms with Crippen LogP contribution in [0, 0.1) is 0 Å². The predicted octanol–water partition coefficient (Wildman–Crippen LogP) is 1.25. The molecule has 3 rings (SSSR count). The van der Waals surface area contributed by atoms with Crippen LogP contribution in [0.2, 0.25) is 0 Å². The maximum atomic E-state index is 12.2. The van der Waals surface area contributed by atoms with Crippen molar-refractivity contribution in [1.29, 1.82) is 0 Å². The zero-order valence-electron chi connectivity index (χ0n) is 13.3. The molecule has 0 amide bonds. The average Bonchev–Trinajstić information content (AvgIpc) is 2.55. The van der Waals surface area contributed by atoms with Crippen molar-refractivity contribution in [2.75, 3.05) is 26.7 Å². The van der Waals surface area contributed by atoms with Gasteiger partial charge in [0, 0.05) is 31.3 Å². The standard InChI is InChI=1S/C16H22N4O2.ClH/c1-22-13-10-15-14(18-11-13)2-3-16(21)20(15)9-8-19-6-4-12(17)5-7-19;/h2-3,10-12H,4-9,17H2,1H3;1H. The SMILES string of the molecule is COc1cnc2ccc(=O)n(CCN3CCC(N)CC3)c2c1.Cl. The fourth-order valence-electron chi connectivity index (χ4n) is 2.91. The molecule has 0 radical (unpaired) electrons. The predicted molar refractivity (Wildman–Crippen MR) is 93.5 cm³/mol. The minimum atomic E-state index is -0.00346. The minimum Gasteiger partial charge on any atom is -0.495 e. The smallest absolute Gasteiger partial charge is 0.251 e. The second-order valence-electron chi connectivity index (χ2n) is 5.78. The summed E-state index contributed by atoms with van der Waals surface area (Å²) >= 11 is 0. The quantitative estimate of drug-likeness (QED) is 0.908. The van der Waals surface area contributed by atoms with Gasteiger partial charge in [-0.25, -0.2) is 0 Å². The molecule has 23 heavy (non-hydrogen) atoms. The number of piperidine rings is 1. The number of methoxy groups -OCH3 is 1. The molecule has 1 aliphatic heterocycles. The summed E-state index contributed by atoms with van der Waals surface area (Å²) in [6.07, 6.45) is 3.73. The fraction of sp³-hybridized carbons (Fsp3) is 0.500. The van der Waals surface area contributed by atoms with Crippen molar-refractivity contribution in [2.24, 2.45) is 5.73 Å². The Hall–Kier alpha value is -1.63. The number of fused-ring (bicyclic) bond motifs is 1. The number of nitrogens with two attached hydrogens (primary N) is 1. The Balaban J connectivity index is 0.00000192. The molecule has 126 valence electrons. The largest absolute Gasteiger partial charge is 0.495 e. The van der Waals surface area contributed by atoms with E-state index in [4.69, 9.17) is 10.5 Å². The van der Waals surface area contributed by atoms with Crippen LogP contribution in [0.1, 0.15) is 12.8 Å². The topological polar surface area (TPSA) is 73.4 Å². The minimum absolute atomic E-state index is 0. The van der Waals surface area contributed by atoms with E-state index in [0.29, 0.717) is 18.3 Å². The lowest BCUT2D eigenvalue weighted by molar-refractivity contribution is 0.206. The van der Waals surface area contributed by atoms with E-state index in [1.807, 2.05) is 6.07 Å². The van der Waals surface area contributed by atoms with E-state index in [1.165, 1.54) is 0 Å². The highest BCUT2D eigenvalue weighted by Gasteiger charge is 2.16. The van der Waals surface area contributed by atoms with Gasteiger partial charge in [0.1, 0.15) is 5.75 Å². The van der Waals surface area contributed by atoms with E-state index in [0.717, 1.165) is 43.5 Å². The van der Waals surface area contributed by atoms with Gasteiger partial charge in [-0.05, 0) is 32.0 Å². The Bertz CT molecular complexity index is 711. The van der Waals surface area contributed by atoms with Gasteiger partial charge in [0.2, 0.25) is 0 Å². The first-order chi connectivity index (χ1) is 10.7. The molecule has 2 aromatic heterocycles. The Morgan fingerprint density at radius 1 is 1.30 bits per heavy atom. The van der Waals surface area contributed by atoms with Crippen LogP contribution in [0.5, 0.6) is 5.75 Å². The average molecular weight is 339 g/mol. The lowest BCUT2D eigenvalue weighted by Gasteiger charge is -2.30. The van der Waals surface area contributed by atoms with Crippen LogP contribution in [-0.4, -0.2) is 47.2 Å². The van der Waals surface area contributed by atoms with Crippen molar-refractivity contribution in [3.8, 4) is 5.75 Å². The Kier molecular flexibility index (Phi) is 5.98. The number of rotatable bonds is 4. The Labute approximate surface area is 141 Å². The summed E-state index contributed by atoms with van der Waals surface area (Å²) in [4.78, 5) is 18.9. The second kappa shape index (κ2) is 7.77. The summed E-state index contributed by atoms with van der Waals surface area (Å²) in [5, 5.41) is 0. The summed E-state index contributed by atoms with van der Waals surface area (Å²) in [5.41, 5.74) is 7.55. The van der Waals surface area contributed by atoms with Crippen molar-refractivity contribution in [3.63, 3.8) is 0 Å². The van der Waals surface area contributed by atoms with Gasteiger partial charge in [0.15, 0.2) is 0 Å². The third-order valence-electron chi connectivity index (χ3n) is 4.32. The van der Waals surface area contributed by atoms with Gasteiger partial charge in [0.25, 0.3) is 5.56 Å². The van der Waals surface area contributed by atoms with Crippen molar-refractivity contribution < 1.29 is 4.74 Å². The normalized spacial score (nSPS) is 16.3. The van der Waals surface area contributed by atoms with Crippen molar-refractivity contribution in [2.45, 2.75) is 25.4 Å². The summed E-state index contributed by atoms with van der Waals surface area (Å²) in [7, 11) is 1.60. The maximum absolute atomic E-state index is 12.2. The second-order valence-corrected chi connectivity index (χ2v) is 5.78. The number of hydrogen-bond donors (Lipinski definition) is 1. The molecule has 7 heteroatoms. The summed E-state index contributed by atoms with van der Waals surface area (Å²) in [6.45, 7) is 3.51. The molecule has 1 aliphatic rings. The lowest BCUT2D eigenvalue weighted by atomic mass is 10.1. The molecule has 0 unspecified atom stereocenters. The fourth-order valence-corrected chi connectivity index (χ4v) is 2.91. The van der Waals surface area contributed by atoms with E-state index in [2.05, 4.69) is 9.88 Å². The number of hydrogen-bond acceptors (Lipinski definition) is 5. The first kappa shape index (κ1) is 17.7. The van der Waals surface area contributed by atoms with Crippen molar-refractivity contribution in [1.82, 2.24) is 14.5 Å². The molecule has 0 bridgehead atoms. The van der Waals surface area contributed by atoms with Crippen LogP contribution >= 0.6 is 12.4 Å². The van der Waals surface area contributed by atoms with Crippen LogP contribution < -0.4 is 16.0 Å². The molecule has 6 nitrogen and oxygen atoms in total. The summed E-state index contributed by atoms with van der Waals surface area (Å²) in [6, 6.07) is 5.53. The number of ether oxygens (including phenoxy) is 1.